The van der Waals surface area contributed by atoms with Gasteiger partial charge in [0.15, 0.2) is 0 Å². The molecule has 6 nitrogen and oxygen atoms in total. The molecule has 0 saturated carbocycles. The Hall–Kier alpha value is -0.950. The number of nitrogens with one attached hydrogen (secondary N) is 1. The van der Waals surface area contributed by atoms with Crippen LogP contribution < -0.4 is 4.72 Å². The number of aryl methyl sites for hydroxylation is 1. The van der Waals surface area contributed by atoms with Crippen LogP contribution in [0.3, 0.4) is 0 Å². The Balaban J connectivity index is 2.23. The van der Waals surface area contributed by atoms with Crippen LogP contribution in [0.25, 0.3) is 0 Å². The Morgan fingerprint density at radius 3 is 2.73 bits per heavy atom. The van der Waals surface area contributed by atoms with Crippen LogP contribution in [0.4, 0.5) is 0 Å². The SMILES string of the molecule is CC(C)S(=O)(=O)NCCCn1ccnn1. The molecule has 15 heavy (non-hydrogen) atoms. The fraction of sp³-hybridized carbons (Fsp3) is 0.750. The van der Waals surface area contributed by atoms with E-state index in [2.05, 4.69) is 15.0 Å². The molecule has 1 heterocycles. The molecular formula is C8H16N4O2S. The number of rotatable bonds is 6. The summed E-state index contributed by atoms with van der Waals surface area (Å²) in [5.74, 6) is 0. The maximum atomic E-state index is 11.3. The van der Waals surface area contributed by atoms with Crippen LogP contribution in [0, 0.1) is 0 Å². The average Bonchev–Trinajstić information content (AvgIpc) is 2.64. The van der Waals surface area contributed by atoms with E-state index in [1.54, 1.807) is 30.9 Å². The standard InChI is InChI=1S/C8H16N4O2S/c1-8(2)15(13,14)10-4-3-6-12-7-5-9-11-12/h5,7-8,10H,3-4,6H2,1-2H3. The summed E-state index contributed by atoms with van der Waals surface area (Å²) in [5, 5.41) is 7.04. The van der Waals surface area contributed by atoms with E-state index in [0.29, 0.717) is 19.5 Å². The highest BCUT2D eigenvalue weighted by Gasteiger charge is 2.13. The van der Waals surface area contributed by atoms with Crippen LogP contribution in [0.1, 0.15) is 20.3 Å². The number of hydrogen-bond donors (Lipinski definition) is 1. The summed E-state index contributed by atoms with van der Waals surface area (Å²) in [5.41, 5.74) is 0. The third-order valence-corrected chi connectivity index (χ3v) is 3.81. The van der Waals surface area contributed by atoms with Crippen molar-refractivity contribution in [2.45, 2.75) is 32.1 Å². The van der Waals surface area contributed by atoms with Gasteiger partial charge in [-0.2, -0.15) is 0 Å². The molecule has 86 valence electrons. The molecule has 0 atom stereocenters. The van der Waals surface area contributed by atoms with Gasteiger partial charge in [0.05, 0.1) is 11.4 Å². The fourth-order valence-corrected chi connectivity index (χ4v) is 1.74. The summed E-state index contributed by atoms with van der Waals surface area (Å²) in [6.45, 7) is 4.40. The molecule has 0 aromatic carbocycles. The first kappa shape index (κ1) is 12.1. The van der Waals surface area contributed by atoms with Gasteiger partial charge in [0.2, 0.25) is 10.0 Å². The van der Waals surface area contributed by atoms with Crippen molar-refractivity contribution in [3.8, 4) is 0 Å². The van der Waals surface area contributed by atoms with Crippen LogP contribution in [-0.4, -0.2) is 35.2 Å². The minimum atomic E-state index is -3.13. The topological polar surface area (TPSA) is 76.9 Å². The van der Waals surface area contributed by atoms with Crippen molar-refractivity contribution in [2.24, 2.45) is 0 Å². The first-order valence-corrected chi connectivity index (χ1v) is 6.39. The van der Waals surface area contributed by atoms with Crippen LogP contribution in [0.5, 0.6) is 0 Å². The largest absolute Gasteiger partial charge is 0.253 e. The highest BCUT2D eigenvalue weighted by Crippen LogP contribution is 1.96. The molecule has 1 aromatic rings. The monoisotopic (exact) mass is 232 g/mol. The maximum absolute atomic E-state index is 11.3. The smallest absolute Gasteiger partial charge is 0.213 e. The summed E-state index contributed by atoms with van der Waals surface area (Å²) < 4.78 is 26.9. The molecule has 1 aromatic heterocycles. The summed E-state index contributed by atoms with van der Waals surface area (Å²) in [6, 6.07) is 0. The Morgan fingerprint density at radius 1 is 1.47 bits per heavy atom. The molecule has 7 heteroatoms. The minimum absolute atomic E-state index is 0.385. The van der Waals surface area contributed by atoms with Crippen molar-refractivity contribution in [3.05, 3.63) is 12.4 Å². The second-order valence-corrected chi connectivity index (χ2v) is 5.83. The molecule has 0 aliphatic carbocycles. The summed E-state index contributed by atoms with van der Waals surface area (Å²) >= 11 is 0. The lowest BCUT2D eigenvalue weighted by Crippen LogP contribution is -2.31. The van der Waals surface area contributed by atoms with Gasteiger partial charge in [0.1, 0.15) is 0 Å². The first-order valence-electron chi connectivity index (χ1n) is 4.85. The molecule has 0 fully saturated rings. The quantitative estimate of drug-likeness (QED) is 0.700. The van der Waals surface area contributed by atoms with Crippen molar-refractivity contribution in [1.29, 1.82) is 0 Å². The molecule has 0 aliphatic heterocycles. The lowest BCUT2D eigenvalue weighted by atomic mass is 10.4. The van der Waals surface area contributed by atoms with E-state index in [9.17, 15) is 8.42 Å². The summed E-state index contributed by atoms with van der Waals surface area (Å²) in [4.78, 5) is 0. The first-order chi connectivity index (χ1) is 7.02. The second kappa shape index (κ2) is 5.22. The number of sulfonamides is 1. The van der Waals surface area contributed by atoms with Gasteiger partial charge in [-0.3, -0.25) is 4.68 Å². The van der Waals surface area contributed by atoms with Crippen molar-refractivity contribution >= 4 is 10.0 Å². The van der Waals surface area contributed by atoms with Gasteiger partial charge < -0.3 is 0 Å². The van der Waals surface area contributed by atoms with Crippen molar-refractivity contribution in [2.75, 3.05) is 6.54 Å². The van der Waals surface area contributed by atoms with E-state index in [1.165, 1.54) is 0 Å². The normalized spacial score (nSPS) is 12.2. The Bertz CT molecular complexity index is 371. The van der Waals surface area contributed by atoms with E-state index >= 15 is 0 Å². The predicted octanol–water partition coefficient (Wildman–Crippen LogP) is -0.00400. The van der Waals surface area contributed by atoms with Gasteiger partial charge >= 0.3 is 0 Å². The Labute approximate surface area is 89.7 Å². The fourth-order valence-electron chi connectivity index (χ4n) is 0.974. The van der Waals surface area contributed by atoms with Crippen LogP contribution in [0.15, 0.2) is 12.4 Å². The molecule has 0 amide bonds. The van der Waals surface area contributed by atoms with Crippen LogP contribution in [-0.2, 0) is 16.6 Å². The number of aromatic nitrogens is 3. The van der Waals surface area contributed by atoms with E-state index in [0.717, 1.165) is 0 Å². The van der Waals surface area contributed by atoms with Crippen molar-refractivity contribution < 1.29 is 8.42 Å². The van der Waals surface area contributed by atoms with E-state index in [-0.39, 0.29) is 5.25 Å². The summed E-state index contributed by atoms with van der Waals surface area (Å²) in [7, 11) is -3.13. The van der Waals surface area contributed by atoms with Crippen molar-refractivity contribution in [3.63, 3.8) is 0 Å². The predicted molar refractivity (Wildman–Crippen MR) is 56.7 cm³/mol. The zero-order valence-corrected chi connectivity index (χ0v) is 9.74. The number of nitrogens with zero attached hydrogens (tertiary/aromatic N) is 3. The molecular weight excluding hydrogens is 216 g/mol. The van der Waals surface area contributed by atoms with Gasteiger partial charge in [-0.15, -0.1) is 5.10 Å². The minimum Gasteiger partial charge on any atom is -0.253 e. The van der Waals surface area contributed by atoms with Gasteiger partial charge in [0, 0.05) is 19.3 Å². The molecule has 0 spiro atoms. The summed E-state index contributed by atoms with van der Waals surface area (Å²) in [6.07, 6.45) is 4.05. The highest BCUT2D eigenvalue weighted by molar-refractivity contribution is 7.90. The van der Waals surface area contributed by atoms with Crippen molar-refractivity contribution in [1.82, 2.24) is 19.7 Å². The van der Waals surface area contributed by atoms with Crippen LogP contribution in [0.2, 0.25) is 0 Å². The lowest BCUT2D eigenvalue weighted by Gasteiger charge is -2.08. The molecule has 0 radical (unpaired) electrons. The Kier molecular flexibility index (Phi) is 4.22. The van der Waals surface area contributed by atoms with Gasteiger partial charge in [-0.1, -0.05) is 5.21 Å². The average molecular weight is 232 g/mol. The second-order valence-electron chi connectivity index (χ2n) is 3.51. The molecule has 0 saturated heterocycles. The Morgan fingerprint density at radius 2 is 2.20 bits per heavy atom. The third kappa shape index (κ3) is 3.96. The molecule has 1 N–H and O–H groups in total. The lowest BCUT2D eigenvalue weighted by molar-refractivity contribution is 0.539. The van der Waals surface area contributed by atoms with Gasteiger partial charge in [0.25, 0.3) is 0 Å². The molecule has 0 unspecified atom stereocenters. The zero-order valence-electron chi connectivity index (χ0n) is 8.92. The molecule has 0 aliphatic rings. The maximum Gasteiger partial charge on any atom is 0.213 e. The van der Waals surface area contributed by atoms with E-state index in [4.69, 9.17) is 0 Å². The van der Waals surface area contributed by atoms with Crippen LogP contribution >= 0.6 is 0 Å². The van der Waals surface area contributed by atoms with E-state index < -0.39 is 10.0 Å². The van der Waals surface area contributed by atoms with Gasteiger partial charge in [-0.05, 0) is 20.3 Å². The highest BCUT2D eigenvalue weighted by atomic mass is 32.2. The molecule has 0 bridgehead atoms. The zero-order chi connectivity index (χ0) is 11.3. The molecule has 1 rings (SSSR count). The van der Waals surface area contributed by atoms with Gasteiger partial charge in [-0.25, -0.2) is 13.1 Å². The van der Waals surface area contributed by atoms with E-state index in [1.807, 2.05) is 0 Å². The third-order valence-electron chi connectivity index (χ3n) is 1.96. The number of hydrogen-bond acceptors (Lipinski definition) is 4.